The number of carbonyl (C=O) groups is 2. The SMILES string of the molecule is CN(CC(=O)Nc1cccc(F)c1)C(=O)CCc1nnc(-c2ccccc2)o1. The minimum Gasteiger partial charge on any atom is -0.421 e. The van der Waals surface area contributed by atoms with Crippen molar-refractivity contribution in [2.45, 2.75) is 12.8 Å². The lowest BCUT2D eigenvalue weighted by Crippen LogP contribution is -2.35. The normalized spacial score (nSPS) is 10.5. The molecule has 0 saturated carbocycles. The predicted octanol–water partition coefficient (Wildman–Crippen LogP) is 2.91. The lowest BCUT2D eigenvalue weighted by molar-refractivity contribution is -0.133. The highest BCUT2D eigenvalue weighted by molar-refractivity contribution is 5.94. The van der Waals surface area contributed by atoms with Crippen LogP contribution in [0.1, 0.15) is 12.3 Å². The van der Waals surface area contributed by atoms with Crippen LogP contribution < -0.4 is 5.32 Å². The maximum Gasteiger partial charge on any atom is 0.247 e. The van der Waals surface area contributed by atoms with Crippen molar-refractivity contribution in [1.82, 2.24) is 15.1 Å². The molecule has 28 heavy (non-hydrogen) atoms. The van der Waals surface area contributed by atoms with Gasteiger partial charge in [0.05, 0.1) is 6.54 Å². The predicted molar refractivity (Wildman–Crippen MR) is 101 cm³/mol. The van der Waals surface area contributed by atoms with Crippen LogP contribution in [0.15, 0.2) is 59.0 Å². The van der Waals surface area contributed by atoms with E-state index in [9.17, 15) is 14.0 Å². The second-order valence-corrected chi connectivity index (χ2v) is 6.18. The first-order valence-electron chi connectivity index (χ1n) is 8.68. The summed E-state index contributed by atoms with van der Waals surface area (Å²) in [6.45, 7) is -0.144. The van der Waals surface area contributed by atoms with Crippen molar-refractivity contribution in [3.8, 4) is 11.5 Å². The van der Waals surface area contributed by atoms with Gasteiger partial charge in [-0.3, -0.25) is 9.59 Å². The highest BCUT2D eigenvalue weighted by atomic mass is 19.1. The summed E-state index contributed by atoms with van der Waals surface area (Å²) in [5.74, 6) is -0.355. The number of nitrogens with zero attached hydrogens (tertiary/aromatic N) is 3. The van der Waals surface area contributed by atoms with Gasteiger partial charge in [-0.25, -0.2) is 4.39 Å². The topological polar surface area (TPSA) is 88.3 Å². The van der Waals surface area contributed by atoms with Gasteiger partial charge in [-0.2, -0.15) is 0 Å². The van der Waals surface area contributed by atoms with E-state index in [4.69, 9.17) is 4.42 Å². The van der Waals surface area contributed by atoms with Crippen LogP contribution in [0.3, 0.4) is 0 Å². The van der Waals surface area contributed by atoms with Gasteiger partial charge in [0.1, 0.15) is 5.82 Å². The van der Waals surface area contributed by atoms with Crippen molar-refractivity contribution < 1.29 is 18.4 Å². The first-order valence-corrected chi connectivity index (χ1v) is 8.68. The van der Waals surface area contributed by atoms with Crippen molar-refractivity contribution in [3.63, 3.8) is 0 Å². The van der Waals surface area contributed by atoms with Crippen molar-refractivity contribution in [2.75, 3.05) is 18.9 Å². The molecular formula is C20H19FN4O3. The van der Waals surface area contributed by atoms with Crippen molar-refractivity contribution >= 4 is 17.5 Å². The van der Waals surface area contributed by atoms with Crippen LogP contribution in [0.5, 0.6) is 0 Å². The van der Waals surface area contributed by atoms with Crippen molar-refractivity contribution in [2.24, 2.45) is 0 Å². The highest BCUT2D eigenvalue weighted by Crippen LogP contribution is 2.17. The Morgan fingerprint density at radius 3 is 2.64 bits per heavy atom. The fourth-order valence-electron chi connectivity index (χ4n) is 2.53. The second-order valence-electron chi connectivity index (χ2n) is 6.18. The second kappa shape index (κ2) is 8.90. The zero-order valence-corrected chi connectivity index (χ0v) is 15.3. The standard InChI is InChI=1S/C20H19FN4O3/c1-25(13-17(26)22-16-9-5-8-15(21)12-16)19(27)11-10-18-23-24-20(28-18)14-6-3-2-4-7-14/h2-9,12H,10-11,13H2,1H3,(H,22,26). The molecule has 3 rings (SSSR count). The first-order chi connectivity index (χ1) is 13.5. The summed E-state index contributed by atoms with van der Waals surface area (Å²) < 4.78 is 18.7. The lowest BCUT2D eigenvalue weighted by atomic mass is 10.2. The number of hydrogen-bond donors (Lipinski definition) is 1. The molecule has 0 fully saturated rings. The van der Waals surface area contributed by atoms with Crippen LogP contribution in [-0.2, 0) is 16.0 Å². The minimum absolute atomic E-state index is 0.125. The van der Waals surface area contributed by atoms with Gasteiger partial charge in [-0.1, -0.05) is 24.3 Å². The summed E-state index contributed by atoms with van der Waals surface area (Å²) in [6.07, 6.45) is 0.398. The number of halogens is 1. The molecule has 0 atom stereocenters. The van der Waals surface area contributed by atoms with Gasteiger partial charge in [0.15, 0.2) is 0 Å². The molecular weight excluding hydrogens is 363 g/mol. The summed E-state index contributed by atoms with van der Waals surface area (Å²) in [5, 5.41) is 10.5. The molecule has 7 nitrogen and oxygen atoms in total. The van der Waals surface area contributed by atoms with Crippen molar-refractivity contribution in [1.29, 1.82) is 0 Å². The Bertz CT molecular complexity index is 959. The molecule has 0 unspecified atom stereocenters. The summed E-state index contributed by atoms with van der Waals surface area (Å²) in [7, 11) is 1.52. The zero-order chi connectivity index (χ0) is 19.9. The average molecular weight is 382 g/mol. The maximum atomic E-state index is 13.1. The number of rotatable bonds is 7. The Labute approximate surface area is 161 Å². The van der Waals surface area contributed by atoms with Gasteiger partial charge in [0, 0.05) is 31.1 Å². The first kappa shape index (κ1) is 19.2. The number of likely N-dealkylation sites (N-methyl/N-ethyl adjacent to an activating group) is 1. The molecule has 0 aliphatic heterocycles. The van der Waals surface area contributed by atoms with E-state index in [0.29, 0.717) is 17.5 Å². The summed E-state index contributed by atoms with van der Waals surface area (Å²) in [6, 6.07) is 14.9. The van der Waals surface area contributed by atoms with E-state index in [2.05, 4.69) is 15.5 Å². The van der Waals surface area contributed by atoms with Crippen LogP contribution in [0.4, 0.5) is 10.1 Å². The van der Waals surface area contributed by atoms with Crippen LogP contribution in [0.25, 0.3) is 11.5 Å². The van der Waals surface area contributed by atoms with E-state index in [0.717, 1.165) is 5.56 Å². The monoisotopic (exact) mass is 382 g/mol. The third-order valence-electron chi connectivity index (χ3n) is 3.96. The largest absolute Gasteiger partial charge is 0.421 e. The van der Waals surface area contributed by atoms with Crippen LogP contribution in [0, 0.1) is 5.82 Å². The van der Waals surface area contributed by atoms with Gasteiger partial charge in [-0.05, 0) is 30.3 Å². The molecule has 1 aromatic heterocycles. The Kier molecular flexibility index (Phi) is 6.11. The van der Waals surface area contributed by atoms with E-state index in [1.165, 1.54) is 30.1 Å². The Balaban J connectivity index is 1.48. The van der Waals surface area contributed by atoms with Gasteiger partial charge in [-0.15, -0.1) is 10.2 Å². The molecule has 2 aromatic carbocycles. The van der Waals surface area contributed by atoms with Gasteiger partial charge in [0.2, 0.25) is 23.6 Å². The smallest absolute Gasteiger partial charge is 0.247 e. The average Bonchev–Trinajstić information content (AvgIpc) is 3.15. The maximum absolute atomic E-state index is 13.1. The number of amides is 2. The molecule has 0 aliphatic rings. The number of hydrogen-bond acceptors (Lipinski definition) is 5. The highest BCUT2D eigenvalue weighted by Gasteiger charge is 2.15. The molecule has 0 saturated heterocycles. The lowest BCUT2D eigenvalue weighted by Gasteiger charge is -2.16. The van der Waals surface area contributed by atoms with Gasteiger partial charge >= 0.3 is 0 Å². The van der Waals surface area contributed by atoms with E-state index in [-0.39, 0.29) is 25.3 Å². The van der Waals surface area contributed by atoms with E-state index in [1.54, 1.807) is 6.07 Å². The number of nitrogens with one attached hydrogen (secondary N) is 1. The molecule has 8 heteroatoms. The Hall–Kier alpha value is -3.55. The molecule has 1 heterocycles. The minimum atomic E-state index is -0.448. The van der Waals surface area contributed by atoms with Gasteiger partial charge in [0.25, 0.3) is 0 Å². The molecule has 144 valence electrons. The van der Waals surface area contributed by atoms with Crippen LogP contribution >= 0.6 is 0 Å². The van der Waals surface area contributed by atoms with E-state index < -0.39 is 11.7 Å². The quantitative estimate of drug-likeness (QED) is 0.679. The fourth-order valence-corrected chi connectivity index (χ4v) is 2.53. The number of aryl methyl sites for hydroxylation is 1. The Morgan fingerprint density at radius 1 is 1.11 bits per heavy atom. The Morgan fingerprint density at radius 2 is 1.89 bits per heavy atom. The third-order valence-corrected chi connectivity index (χ3v) is 3.96. The summed E-state index contributed by atoms with van der Waals surface area (Å²) >= 11 is 0. The summed E-state index contributed by atoms with van der Waals surface area (Å²) in [4.78, 5) is 25.5. The molecule has 1 N–H and O–H groups in total. The molecule has 0 spiro atoms. The zero-order valence-electron chi connectivity index (χ0n) is 15.3. The molecule has 3 aromatic rings. The van der Waals surface area contributed by atoms with Crippen LogP contribution in [-0.4, -0.2) is 40.5 Å². The molecule has 2 amide bonds. The van der Waals surface area contributed by atoms with Gasteiger partial charge < -0.3 is 14.6 Å². The third kappa shape index (κ3) is 5.23. The molecule has 0 radical (unpaired) electrons. The fraction of sp³-hybridized carbons (Fsp3) is 0.200. The summed E-state index contributed by atoms with van der Waals surface area (Å²) in [5.41, 5.74) is 1.14. The molecule has 0 aliphatic carbocycles. The molecule has 0 bridgehead atoms. The van der Waals surface area contributed by atoms with E-state index >= 15 is 0 Å². The number of anilines is 1. The number of carbonyl (C=O) groups excluding carboxylic acids is 2. The number of benzene rings is 2. The van der Waals surface area contributed by atoms with E-state index in [1.807, 2.05) is 30.3 Å². The van der Waals surface area contributed by atoms with Crippen molar-refractivity contribution in [3.05, 3.63) is 66.3 Å². The van der Waals surface area contributed by atoms with Crippen LogP contribution in [0.2, 0.25) is 0 Å². The number of aromatic nitrogens is 2.